The van der Waals surface area contributed by atoms with Crippen LogP contribution in [0, 0.1) is 0 Å². The van der Waals surface area contributed by atoms with E-state index in [9.17, 15) is 0 Å². The van der Waals surface area contributed by atoms with Gasteiger partial charge in [0.2, 0.25) is 0 Å². The molecule has 0 radical (unpaired) electrons. The van der Waals surface area contributed by atoms with Crippen molar-refractivity contribution >= 4 is 32.6 Å². The second-order valence-electron chi connectivity index (χ2n) is 9.53. The fourth-order valence-electron chi connectivity index (χ4n) is 5.74. The molecule has 7 rings (SSSR count). The van der Waals surface area contributed by atoms with Crippen LogP contribution in [0.25, 0.3) is 54.8 Å². The van der Waals surface area contributed by atoms with E-state index >= 15 is 0 Å². The molecule has 32 heavy (non-hydrogen) atoms. The number of aromatic amines is 1. The van der Waals surface area contributed by atoms with Gasteiger partial charge in [-0.3, -0.25) is 0 Å². The molecule has 0 fully saturated rings. The maximum atomic E-state index is 3.66. The Kier molecular flexibility index (Phi) is 3.40. The van der Waals surface area contributed by atoms with Crippen LogP contribution >= 0.6 is 0 Å². The minimum atomic E-state index is 0.0199. The van der Waals surface area contributed by atoms with E-state index in [-0.39, 0.29) is 5.41 Å². The fourth-order valence-corrected chi connectivity index (χ4v) is 5.74. The van der Waals surface area contributed by atoms with Crippen LogP contribution in [0.5, 0.6) is 0 Å². The SMILES string of the molecule is CC1(C)c2ccccc2-c2ccc(-c3ccc4c(c3)[nH]c3ccc5ccccc5c34)cc21. The lowest BCUT2D eigenvalue weighted by atomic mass is 9.81. The number of hydrogen-bond acceptors (Lipinski definition) is 0. The van der Waals surface area contributed by atoms with E-state index < -0.39 is 0 Å². The quantitative estimate of drug-likeness (QED) is 0.280. The molecular formula is C31H23N. The molecule has 0 bridgehead atoms. The van der Waals surface area contributed by atoms with Crippen LogP contribution in [0.3, 0.4) is 0 Å². The molecule has 1 N–H and O–H groups in total. The van der Waals surface area contributed by atoms with E-state index in [4.69, 9.17) is 0 Å². The van der Waals surface area contributed by atoms with Crippen molar-refractivity contribution in [2.75, 3.05) is 0 Å². The summed E-state index contributed by atoms with van der Waals surface area (Å²) >= 11 is 0. The molecular weight excluding hydrogens is 386 g/mol. The highest BCUT2D eigenvalue weighted by Crippen LogP contribution is 2.49. The monoisotopic (exact) mass is 409 g/mol. The van der Waals surface area contributed by atoms with Crippen LogP contribution in [-0.2, 0) is 5.41 Å². The Balaban J connectivity index is 1.42. The summed E-state index contributed by atoms with van der Waals surface area (Å²) in [6.45, 7) is 4.68. The molecule has 1 heterocycles. The van der Waals surface area contributed by atoms with Gasteiger partial charge in [0.25, 0.3) is 0 Å². The van der Waals surface area contributed by atoms with Crippen LogP contribution in [0.2, 0.25) is 0 Å². The highest BCUT2D eigenvalue weighted by Gasteiger charge is 2.35. The van der Waals surface area contributed by atoms with Crippen molar-refractivity contribution in [3.63, 3.8) is 0 Å². The van der Waals surface area contributed by atoms with Crippen molar-refractivity contribution < 1.29 is 0 Å². The van der Waals surface area contributed by atoms with Crippen molar-refractivity contribution in [2.45, 2.75) is 19.3 Å². The first-order chi connectivity index (χ1) is 15.6. The first-order valence-corrected chi connectivity index (χ1v) is 11.3. The van der Waals surface area contributed by atoms with E-state index in [2.05, 4.69) is 116 Å². The third-order valence-electron chi connectivity index (χ3n) is 7.40. The van der Waals surface area contributed by atoms with Crippen LogP contribution < -0.4 is 0 Å². The molecule has 6 aromatic rings. The summed E-state index contributed by atoms with van der Waals surface area (Å²) in [6.07, 6.45) is 0. The van der Waals surface area contributed by atoms with E-state index in [0.29, 0.717) is 0 Å². The summed E-state index contributed by atoms with van der Waals surface area (Å²) in [6, 6.07) is 35.7. The zero-order chi connectivity index (χ0) is 21.4. The van der Waals surface area contributed by atoms with E-state index in [1.165, 1.54) is 66.0 Å². The molecule has 152 valence electrons. The standard InChI is InChI=1S/C31H23N/c1-31(2)26-10-6-5-9-23(26)24-14-11-20(17-27(24)31)21-12-15-25-29(18-21)32-28-16-13-19-7-3-4-8-22(19)30(25)28/h3-18,32H,1-2H3. The zero-order valence-electron chi connectivity index (χ0n) is 18.2. The van der Waals surface area contributed by atoms with Gasteiger partial charge in [-0.1, -0.05) is 92.7 Å². The van der Waals surface area contributed by atoms with E-state index in [1.54, 1.807) is 0 Å². The van der Waals surface area contributed by atoms with Crippen molar-refractivity contribution in [3.05, 3.63) is 108 Å². The predicted octanol–water partition coefficient (Wildman–Crippen LogP) is 8.45. The Morgan fingerprint density at radius 2 is 1.31 bits per heavy atom. The third-order valence-corrected chi connectivity index (χ3v) is 7.40. The summed E-state index contributed by atoms with van der Waals surface area (Å²) in [5, 5.41) is 5.19. The zero-order valence-corrected chi connectivity index (χ0v) is 18.2. The number of benzene rings is 5. The molecule has 1 aliphatic carbocycles. The van der Waals surface area contributed by atoms with Gasteiger partial charge in [-0.25, -0.2) is 0 Å². The molecule has 1 aliphatic rings. The molecule has 0 unspecified atom stereocenters. The van der Waals surface area contributed by atoms with Gasteiger partial charge >= 0.3 is 0 Å². The smallest absolute Gasteiger partial charge is 0.0471 e. The van der Waals surface area contributed by atoms with Crippen LogP contribution in [0.4, 0.5) is 0 Å². The average molecular weight is 410 g/mol. The number of nitrogens with one attached hydrogen (secondary N) is 1. The van der Waals surface area contributed by atoms with Gasteiger partial charge in [-0.15, -0.1) is 0 Å². The topological polar surface area (TPSA) is 15.8 Å². The predicted molar refractivity (Wildman–Crippen MR) is 136 cm³/mol. The first kappa shape index (κ1) is 17.8. The van der Waals surface area contributed by atoms with Gasteiger partial charge < -0.3 is 4.98 Å². The summed E-state index contributed by atoms with van der Waals surface area (Å²) in [5.41, 5.74) is 10.5. The summed E-state index contributed by atoms with van der Waals surface area (Å²) in [4.78, 5) is 3.66. The number of aromatic nitrogens is 1. The Morgan fingerprint density at radius 3 is 2.25 bits per heavy atom. The molecule has 0 atom stereocenters. The second-order valence-corrected chi connectivity index (χ2v) is 9.53. The van der Waals surface area contributed by atoms with Crippen LogP contribution in [-0.4, -0.2) is 4.98 Å². The van der Waals surface area contributed by atoms with Crippen molar-refractivity contribution in [2.24, 2.45) is 0 Å². The van der Waals surface area contributed by atoms with Gasteiger partial charge in [0, 0.05) is 27.2 Å². The maximum Gasteiger partial charge on any atom is 0.0471 e. The number of H-pyrrole nitrogens is 1. The average Bonchev–Trinajstić information content (AvgIpc) is 3.32. The number of fused-ring (bicyclic) bond motifs is 8. The Labute approximate surface area is 187 Å². The highest BCUT2D eigenvalue weighted by molar-refractivity contribution is 6.20. The van der Waals surface area contributed by atoms with Gasteiger partial charge in [-0.05, 0) is 62.4 Å². The normalized spacial score (nSPS) is 14.2. The summed E-state index contributed by atoms with van der Waals surface area (Å²) in [5.74, 6) is 0. The lowest BCUT2D eigenvalue weighted by molar-refractivity contribution is 0.660. The van der Waals surface area contributed by atoms with Crippen LogP contribution in [0.15, 0.2) is 97.1 Å². The van der Waals surface area contributed by atoms with Gasteiger partial charge in [-0.2, -0.15) is 0 Å². The molecule has 5 aromatic carbocycles. The molecule has 0 spiro atoms. The molecule has 0 amide bonds. The number of hydrogen-bond donors (Lipinski definition) is 1. The van der Waals surface area contributed by atoms with Gasteiger partial charge in [0.05, 0.1) is 0 Å². The highest BCUT2D eigenvalue weighted by atomic mass is 14.7. The molecule has 1 nitrogen and oxygen atoms in total. The Morgan fingerprint density at radius 1 is 0.562 bits per heavy atom. The molecule has 0 saturated heterocycles. The minimum Gasteiger partial charge on any atom is -0.354 e. The lowest BCUT2D eigenvalue weighted by Crippen LogP contribution is -2.14. The second kappa shape index (κ2) is 6.11. The Hall–Kier alpha value is -3.84. The van der Waals surface area contributed by atoms with E-state index in [0.717, 1.165) is 0 Å². The van der Waals surface area contributed by atoms with Crippen LogP contribution in [0.1, 0.15) is 25.0 Å². The molecule has 1 aromatic heterocycles. The molecule has 0 aliphatic heterocycles. The lowest BCUT2D eigenvalue weighted by Gasteiger charge is -2.22. The maximum absolute atomic E-state index is 3.66. The van der Waals surface area contributed by atoms with Crippen molar-refractivity contribution in [3.8, 4) is 22.3 Å². The van der Waals surface area contributed by atoms with Gasteiger partial charge in [0.15, 0.2) is 0 Å². The van der Waals surface area contributed by atoms with E-state index in [1.807, 2.05) is 0 Å². The molecule has 0 saturated carbocycles. The van der Waals surface area contributed by atoms with Gasteiger partial charge in [0.1, 0.15) is 0 Å². The Bertz CT molecular complexity index is 1700. The molecule has 1 heteroatoms. The fraction of sp³-hybridized carbons (Fsp3) is 0.0968. The van der Waals surface area contributed by atoms with Crippen molar-refractivity contribution in [1.82, 2.24) is 4.98 Å². The number of rotatable bonds is 1. The first-order valence-electron chi connectivity index (χ1n) is 11.3. The summed E-state index contributed by atoms with van der Waals surface area (Å²) in [7, 11) is 0. The largest absolute Gasteiger partial charge is 0.354 e. The third kappa shape index (κ3) is 2.28. The minimum absolute atomic E-state index is 0.0199. The summed E-state index contributed by atoms with van der Waals surface area (Å²) < 4.78 is 0. The van der Waals surface area contributed by atoms with Crippen molar-refractivity contribution in [1.29, 1.82) is 0 Å².